The van der Waals surface area contributed by atoms with Crippen LogP contribution in [0.1, 0.15) is 24.8 Å². The van der Waals surface area contributed by atoms with E-state index in [1.54, 1.807) is 11.0 Å². The van der Waals surface area contributed by atoms with Gasteiger partial charge in [-0.05, 0) is 49.3 Å². The van der Waals surface area contributed by atoms with Gasteiger partial charge in [-0.3, -0.25) is 4.79 Å². The third-order valence-electron chi connectivity index (χ3n) is 3.83. The number of rotatable bonds is 4. The molecular weight excluding hydrogens is 264 g/mol. The first-order chi connectivity index (χ1) is 9.60. The van der Waals surface area contributed by atoms with Crippen LogP contribution in [0.25, 0.3) is 0 Å². The highest BCUT2D eigenvalue weighted by atomic mass is 19.2. The number of carbonyl (C=O) groups is 1. The zero-order chi connectivity index (χ0) is 14.5. The van der Waals surface area contributed by atoms with E-state index in [9.17, 15) is 13.6 Å². The fourth-order valence-electron chi connectivity index (χ4n) is 2.69. The smallest absolute Gasteiger partial charge is 0.248 e. The van der Waals surface area contributed by atoms with Crippen LogP contribution in [0, 0.1) is 17.6 Å². The monoisotopic (exact) mass is 283 g/mol. The SMILES string of the molecule is O=C(CO)N1CCCC(CCc2ccc(F)c(F)c2)C1. The molecule has 1 amide bonds. The van der Waals surface area contributed by atoms with Crippen LogP contribution >= 0.6 is 0 Å². The molecule has 1 saturated heterocycles. The average Bonchev–Trinajstić information content (AvgIpc) is 2.48. The van der Waals surface area contributed by atoms with Crippen molar-refractivity contribution in [3.63, 3.8) is 0 Å². The molecule has 0 bridgehead atoms. The van der Waals surface area contributed by atoms with E-state index in [0.29, 0.717) is 25.4 Å². The summed E-state index contributed by atoms with van der Waals surface area (Å²) in [7, 11) is 0. The highest BCUT2D eigenvalue weighted by Gasteiger charge is 2.22. The van der Waals surface area contributed by atoms with Crippen molar-refractivity contribution in [3.8, 4) is 0 Å². The number of aliphatic hydroxyl groups excluding tert-OH is 1. The molecule has 20 heavy (non-hydrogen) atoms. The van der Waals surface area contributed by atoms with Crippen LogP contribution in [0.15, 0.2) is 18.2 Å². The highest BCUT2D eigenvalue weighted by molar-refractivity contribution is 5.77. The second-order valence-electron chi connectivity index (χ2n) is 5.29. The van der Waals surface area contributed by atoms with Crippen LogP contribution in [0.2, 0.25) is 0 Å². The van der Waals surface area contributed by atoms with Crippen molar-refractivity contribution in [1.29, 1.82) is 0 Å². The Balaban J connectivity index is 1.87. The van der Waals surface area contributed by atoms with Crippen LogP contribution in [0.4, 0.5) is 8.78 Å². The van der Waals surface area contributed by atoms with Gasteiger partial charge in [0, 0.05) is 13.1 Å². The molecule has 1 N–H and O–H groups in total. The Bertz CT molecular complexity index is 479. The maximum absolute atomic E-state index is 13.1. The molecule has 0 saturated carbocycles. The second-order valence-corrected chi connectivity index (χ2v) is 5.29. The molecule has 1 aromatic carbocycles. The van der Waals surface area contributed by atoms with Crippen LogP contribution in [0.3, 0.4) is 0 Å². The summed E-state index contributed by atoms with van der Waals surface area (Å²) in [5.41, 5.74) is 0.773. The topological polar surface area (TPSA) is 40.5 Å². The number of aryl methyl sites for hydroxylation is 1. The van der Waals surface area contributed by atoms with E-state index in [-0.39, 0.29) is 5.91 Å². The predicted molar refractivity (Wildman–Crippen MR) is 71.1 cm³/mol. The number of hydrogen-bond donors (Lipinski definition) is 1. The lowest BCUT2D eigenvalue weighted by Crippen LogP contribution is -2.41. The normalized spacial score (nSPS) is 19.1. The second kappa shape index (κ2) is 6.79. The van der Waals surface area contributed by atoms with E-state index in [4.69, 9.17) is 5.11 Å². The molecule has 0 spiro atoms. The first-order valence-electron chi connectivity index (χ1n) is 6.92. The Labute approximate surface area is 117 Å². The molecule has 2 rings (SSSR count). The minimum absolute atomic E-state index is 0.234. The van der Waals surface area contributed by atoms with Gasteiger partial charge in [0.1, 0.15) is 6.61 Å². The Morgan fingerprint density at radius 2 is 2.15 bits per heavy atom. The summed E-state index contributed by atoms with van der Waals surface area (Å²) in [5.74, 6) is -1.52. The summed E-state index contributed by atoms with van der Waals surface area (Å²) >= 11 is 0. The van der Waals surface area contributed by atoms with E-state index in [1.165, 1.54) is 6.07 Å². The van der Waals surface area contributed by atoms with E-state index in [0.717, 1.165) is 30.9 Å². The largest absolute Gasteiger partial charge is 0.387 e. The van der Waals surface area contributed by atoms with Gasteiger partial charge in [-0.25, -0.2) is 8.78 Å². The van der Waals surface area contributed by atoms with Gasteiger partial charge in [0.15, 0.2) is 11.6 Å². The zero-order valence-electron chi connectivity index (χ0n) is 11.3. The van der Waals surface area contributed by atoms with Crippen LogP contribution in [0.5, 0.6) is 0 Å². The van der Waals surface area contributed by atoms with Crippen LogP contribution in [-0.2, 0) is 11.2 Å². The number of nitrogens with zero attached hydrogens (tertiary/aromatic N) is 1. The fourth-order valence-corrected chi connectivity index (χ4v) is 2.69. The lowest BCUT2D eigenvalue weighted by atomic mass is 9.91. The number of hydrogen-bond acceptors (Lipinski definition) is 2. The van der Waals surface area contributed by atoms with Crippen molar-refractivity contribution in [2.45, 2.75) is 25.7 Å². The van der Waals surface area contributed by atoms with Crippen LogP contribution < -0.4 is 0 Å². The molecule has 3 nitrogen and oxygen atoms in total. The molecule has 0 aromatic heterocycles. The summed E-state index contributed by atoms with van der Waals surface area (Å²) in [6.45, 7) is 0.889. The lowest BCUT2D eigenvalue weighted by molar-refractivity contribution is -0.136. The van der Waals surface area contributed by atoms with Crippen molar-refractivity contribution in [3.05, 3.63) is 35.4 Å². The Kier molecular flexibility index (Phi) is 5.06. The number of carbonyl (C=O) groups excluding carboxylic acids is 1. The molecule has 1 atom stereocenters. The molecule has 1 fully saturated rings. The molecule has 1 aromatic rings. The number of benzene rings is 1. The molecular formula is C15H19F2NO2. The zero-order valence-corrected chi connectivity index (χ0v) is 11.3. The number of amides is 1. The lowest BCUT2D eigenvalue weighted by Gasteiger charge is -2.32. The van der Waals surface area contributed by atoms with E-state index >= 15 is 0 Å². The summed E-state index contributed by atoms with van der Waals surface area (Å²) in [6, 6.07) is 3.97. The van der Waals surface area contributed by atoms with Gasteiger partial charge in [-0.2, -0.15) is 0 Å². The number of piperidine rings is 1. The van der Waals surface area contributed by atoms with Gasteiger partial charge in [0.25, 0.3) is 0 Å². The van der Waals surface area contributed by atoms with Crippen molar-refractivity contribution < 1.29 is 18.7 Å². The molecule has 1 aliphatic rings. The maximum atomic E-state index is 13.1. The number of aliphatic hydroxyl groups is 1. The molecule has 1 unspecified atom stereocenters. The number of halogens is 2. The van der Waals surface area contributed by atoms with Crippen molar-refractivity contribution >= 4 is 5.91 Å². The van der Waals surface area contributed by atoms with Crippen LogP contribution in [-0.4, -0.2) is 35.6 Å². The average molecular weight is 283 g/mol. The fraction of sp³-hybridized carbons (Fsp3) is 0.533. The molecule has 1 aliphatic heterocycles. The molecule has 5 heteroatoms. The minimum atomic E-state index is -0.828. The summed E-state index contributed by atoms with van der Waals surface area (Å²) in [5, 5.41) is 8.87. The third-order valence-corrected chi connectivity index (χ3v) is 3.83. The first kappa shape index (κ1) is 14.9. The van der Waals surface area contributed by atoms with Crippen molar-refractivity contribution in [2.75, 3.05) is 19.7 Å². The first-order valence-corrected chi connectivity index (χ1v) is 6.92. The van der Waals surface area contributed by atoms with Crippen molar-refractivity contribution in [2.24, 2.45) is 5.92 Å². The summed E-state index contributed by atoms with van der Waals surface area (Å²) in [4.78, 5) is 13.1. The van der Waals surface area contributed by atoms with Gasteiger partial charge in [-0.1, -0.05) is 6.07 Å². The van der Waals surface area contributed by atoms with E-state index < -0.39 is 18.2 Å². The standard InChI is InChI=1S/C15H19F2NO2/c16-13-6-5-11(8-14(13)17)3-4-12-2-1-7-18(9-12)15(20)10-19/h5-6,8,12,19H,1-4,7,9-10H2. The van der Waals surface area contributed by atoms with E-state index in [1.807, 2.05) is 0 Å². The Morgan fingerprint density at radius 1 is 1.35 bits per heavy atom. The Morgan fingerprint density at radius 3 is 2.85 bits per heavy atom. The van der Waals surface area contributed by atoms with Crippen molar-refractivity contribution in [1.82, 2.24) is 4.90 Å². The summed E-state index contributed by atoms with van der Waals surface area (Å²) in [6.07, 6.45) is 3.45. The highest BCUT2D eigenvalue weighted by Crippen LogP contribution is 2.22. The quantitative estimate of drug-likeness (QED) is 0.919. The molecule has 110 valence electrons. The summed E-state index contributed by atoms with van der Waals surface area (Å²) < 4.78 is 25.9. The number of likely N-dealkylation sites (tertiary alicyclic amines) is 1. The van der Waals surface area contributed by atoms with Gasteiger partial charge in [0.2, 0.25) is 5.91 Å². The predicted octanol–water partition coefficient (Wildman–Crippen LogP) is 2.13. The molecule has 1 heterocycles. The Hall–Kier alpha value is -1.49. The van der Waals surface area contributed by atoms with Gasteiger partial charge in [0.05, 0.1) is 0 Å². The van der Waals surface area contributed by atoms with Gasteiger partial charge < -0.3 is 10.0 Å². The minimum Gasteiger partial charge on any atom is -0.387 e. The maximum Gasteiger partial charge on any atom is 0.248 e. The van der Waals surface area contributed by atoms with Gasteiger partial charge >= 0.3 is 0 Å². The molecule has 0 radical (unpaired) electrons. The van der Waals surface area contributed by atoms with Gasteiger partial charge in [-0.15, -0.1) is 0 Å². The molecule has 0 aliphatic carbocycles. The third kappa shape index (κ3) is 3.76. The van der Waals surface area contributed by atoms with E-state index in [2.05, 4.69) is 0 Å².